The van der Waals surface area contributed by atoms with Crippen LogP contribution in [0, 0.1) is 41.8 Å². The summed E-state index contributed by atoms with van der Waals surface area (Å²) in [6.45, 7) is 0. The average molecular weight is 368 g/mol. The fourth-order valence-corrected chi connectivity index (χ4v) is 2.34. The average Bonchev–Trinajstić information content (AvgIpc) is 3.20. The molecule has 24 heavy (non-hydrogen) atoms. The van der Waals surface area contributed by atoms with Crippen LogP contribution in [0.15, 0.2) is 60.7 Å². The Balaban J connectivity index is -0.000000351. The normalized spacial score (nSPS) is 10.5. The molecule has 0 spiro atoms. The quantitative estimate of drug-likeness (QED) is 0.376. The molecule has 0 N–H and O–H groups in total. The molecule has 2 aliphatic rings. The fourth-order valence-electron chi connectivity index (χ4n) is 2.34. The SMILES string of the molecule is [C-]1=CC=CC1.[CH3-].[CH3-].[CH3-].[CH3-].[SiH2]=[Ti].[c-]1cccc2c1Cc1ccccc1-2. The van der Waals surface area contributed by atoms with Crippen LogP contribution < -0.4 is 0 Å². The van der Waals surface area contributed by atoms with Gasteiger partial charge in [0.05, 0.1) is 0 Å². The van der Waals surface area contributed by atoms with Crippen molar-refractivity contribution in [1.82, 2.24) is 0 Å². The van der Waals surface area contributed by atoms with Crippen molar-refractivity contribution in [1.29, 1.82) is 0 Å². The molecule has 130 valence electrons. The van der Waals surface area contributed by atoms with E-state index >= 15 is 0 Å². The molecule has 0 fully saturated rings. The number of benzene rings is 2. The Morgan fingerprint density at radius 3 is 2.12 bits per heavy atom. The zero-order chi connectivity index (χ0) is 14.2. The molecule has 0 heterocycles. The van der Waals surface area contributed by atoms with Crippen LogP contribution in [0.2, 0.25) is 0 Å². The van der Waals surface area contributed by atoms with Crippen molar-refractivity contribution in [3.63, 3.8) is 0 Å². The van der Waals surface area contributed by atoms with Gasteiger partial charge in [-0.1, -0.05) is 35.4 Å². The van der Waals surface area contributed by atoms with Gasteiger partial charge >= 0.3 is 26.8 Å². The largest absolute Gasteiger partial charge is 0.179 e. The van der Waals surface area contributed by atoms with E-state index in [2.05, 4.69) is 54.6 Å². The molecule has 2 heteroatoms. The maximum Gasteiger partial charge on any atom is -0.0253 e. The predicted octanol–water partition coefficient (Wildman–Crippen LogP) is 5.25. The van der Waals surface area contributed by atoms with E-state index in [0.717, 1.165) is 12.8 Å². The van der Waals surface area contributed by atoms with Crippen molar-refractivity contribution < 1.29 is 19.2 Å². The molecule has 2 aromatic carbocycles. The molecule has 0 radical (unpaired) electrons. The van der Waals surface area contributed by atoms with Crippen LogP contribution in [0.1, 0.15) is 17.5 Å². The van der Waals surface area contributed by atoms with Crippen molar-refractivity contribution in [2.45, 2.75) is 12.8 Å². The standard InChI is InChI=1S/C13H9.C5H5.4CH3.H2Si.Ti/c1-3-7-12-10(5-1)9-11-6-2-4-8-13(11)12;1-2-4-5-3-1;;;;;;/h1-5,7-8H,9H2;1-3H,4H2;4*1H3;1H2;/q6*-1;;. The first-order chi connectivity index (χ1) is 9.95. The van der Waals surface area contributed by atoms with Gasteiger partial charge in [-0.2, -0.15) is 35.9 Å². The third-order valence-electron chi connectivity index (χ3n) is 3.20. The minimum atomic E-state index is 0. The minimum absolute atomic E-state index is 0. The maximum absolute atomic E-state index is 3.30. The van der Waals surface area contributed by atoms with Crippen LogP contribution in [0.25, 0.3) is 11.1 Å². The van der Waals surface area contributed by atoms with Crippen LogP contribution >= 0.6 is 0 Å². The molecule has 4 rings (SSSR count). The molecule has 0 aromatic heterocycles. The van der Waals surface area contributed by atoms with Crippen molar-refractivity contribution in [3.05, 3.63) is 114 Å². The van der Waals surface area contributed by atoms with Gasteiger partial charge in [0.25, 0.3) is 0 Å². The van der Waals surface area contributed by atoms with Crippen molar-refractivity contribution >= 4 is 7.63 Å². The van der Waals surface area contributed by atoms with Gasteiger partial charge in [-0.25, -0.2) is 12.2 Å². The first-order valence-electron chi connectivity index (χ1n) is 6.60. The monoisotopic (exact) mass is 368 g/mol. The summed E-state index contributed by atoms with van der Waals surface area (Å²) in [6, 6.07) is 18.1. The van der Waals surface area contributed by atoms with Gasteiger partial charge in [0.15, 0.2) is 0 Å². The number of hydrogen-bond acceptors (Lipinski definition) is 0. The second kappa shape index (κ2) is 15.4. The van der Waals surface area contributed by atoms with E-state index in [-0.39, 0.29) is 29.7 Å². The van der Waals surface area contributed by atoms with E-state index in [1.807, 2.05) is 45.0 Å². The van der Waals surface area contributed by atoms with Gasteiger partial charge in [0.2, 0.25) is 0 Å². The molecule has 0 amide bonds. The number of rotatable bonds is 0. The maximum atomic E-state index is 3.30. The molecule has 0 unspecified atom stereocenters. The number of allylic oxidation sites excluding steroid dienone is 4. The van der Waals surface area contributed by atoms with Gasteiger partial charge in [-0.05, 0) is 6.42 Å². The zero-order valence-electron chi connectivity index (χ0n) is 15.4. The van der Waals surface area contributed by atoms with Gasteiger partial charge in [0, 0.05) is 0 Å². The zero-order valence-corrected chi connectivity index (χ0v) is 18.4. The fraction of sp³-hybridized carbons (Fsp3) is 0.0909. The second-order valence-electron chi connectivity index (χ2n) is 4.40. The summed E-state index contributed by atoms with van der Waals surface area (Å²) in [5, 5.41) is 0. The van der Waals surface area contributed by atoms with Gasteiger partial charge < -0.3 is 29.7 Å². The van der Waals surface area contributed by atoms with Crippen LogP contribution in [0.5, 0.6) is 0 Å². The molecule has 2 aliphatic carbocycles. The molecular weight excluding hydrogens is 340 g/mol. The van der Waals surface area contributed by atoms with Crippen LogP contribution in [-0.2, 0) is 25.6 Å². The van der Waals surface area contributed by atoms with Crippen LogP contribution in [0.3, 0.4) is 0 Å². The van der Waals surface area contributed by atoms with Crippen LogP contribution in [-0.4, -0.2) is 7.63 Å². The van der Waals surface area contributed by atoms with E-state index in [0.29, 0.717) is 0 Å². The van der Waals surface area contributed by atoms with E-state index in [9.17, 15) is 0 Å². The second-order valence-corrected chi connectivity index (χ2v) is 4.40. The first-order valence-corrected chi connectivity index (χ1v) is 10.6. The Morgan fingerprint density at radius 1 is 0.875 bits per heavy atom. The molecule has 2 aromatic rings. The summed E-state index contributed by atoms with van der Waals surface area (Å²) in [7, 11) is 1.86. The van der Waals surface area contributed by atoms with Gasteiger partial charge in [-0.15, -0.1) is 12.0 Å². The minimum Gasteiger partial charge on any atom is -0.179 e. The Bertz CT molecular complexity index is 576. The summed E-state index contributed by atoms with van der Waals surface area (Å²) in [5.74, 6) is 0. The Labute approximate surface area is 164 Å². The predicted molar refractivity (Wildman–Crippen MR) is 109 cm³/mol. The molecule has 0 saturated heterocycles. The van der Waals surface area contributed by atoms with E-state index in [1.54, 1.807) is 0 Å². The number of fused-ring (bicyclic) bond motifs is 3. The number of hydrogen-bond donors (Lipinski definition) is 0. The Morgan fingerprint density at radius 2 is 1.54 bits per heavy atom. The molecule has 0 aliphatic heterocycles. The molecule has 0 nitrogen and oxygen atoms in total. The molecule has 0 atom stereocenters. The van der Waals surface area contributed by atoms with Gasteiger partial charge in [-0.3, -0.25) is 6.08 Å². The van der Waals surface area contributed by atoms with Gasteiger partial charge in [0.1, 0.15) is 0 Å². The van der Waals surface area contributed by atoms with E-state index < -0.39 is 0 Å². The first kappa shape index (κ1) is 27.7. The van der Waals surface area contributed by atoms with Crippen LogP contribution in [0.4, 0.5) is 0 Å². The summed E-state index contributed by atoms with van der Waals surface area (Å²) in [5.41, 5.74) is 5.51. The smallest absolute Gasteiger partial charge is 0.0253 e. The van der Waals surface area contributed by atoms with E-state index in [4.69, 9.17) is 0 Å². The molecule has 0 saturated carbocycles. The van der Waals surface area contributed by atoms with Crippen molar-refractivity contribution in [3.8, 4) is 11.1 Å². The topological polar surface area (TPSA) is 0 Å². The van der Waals surface area contributed by atoms with Crippen molar-refractivity contribution in [2.75, 3.05) is 0 Å². The van der Waals surface area contributed by atoms with Crippen molar-refractivity contribution in [2.24, 2.45) is 0 Å². The third kappa shape index (κ3) is 7.17. The summed E-state index contributed by atoms with van der Waals surface area (Å²) in [4.78, 5) is 0. The summed E-state index contributed by atoms with van der Waals surface area (Å²) in [6.07, 6.45) is 11.0. The Kier molecular flexibility index (Phi) is 17.7. The third-order valence-corrected chi connectivity index (χ3v) is 3.20. The molecular formula is C22H28SiTi-6. The van der Waals surface area contributed by atoms with E-state index in [1.165, 1.54) is 22.3 Å². The Hall–Kier alpha value is -1.15. The summed E-state index contributed by atoms with van der Waals surface area (Å²) >= 11 is 2.03. The molecule has 0 bridgehead atoms. The summed E-state index contributed by atoms with van der Waals surface area (Å²) < 4.78 is 0.